The minimum absolute atomic E-state index is 0.0468. The summed E-state index contributed by atoms with van der Waals surface area (Å²) in [5, 5.41) is 15.0. The van der Waals surface area contributed by atoms with Crippen LogP contribution < -0.4 is 0 Å². The van der Waals surface area contributed by atoms with Crippen LogP contribution in [0.4, 0.5) is 0 Å². The Morgan fingerprint density at radius 3 is 1.73 bits per heavy atom. The van der Waals surface area contributed by atoms with E-state index in [0.29, 0.717) is 39.1 Å². The topological polar surface area (TPSA) is 97.7 Å². The van der Waals surface area contributed by atoms with Crippen LogP contribution in [0.2, 0.25) is 0 Å². The number of aromatic carboxylic acids is 1. The minimum Gasteiger partial charge on any atom is -0.478 e. The summed E-state index contributed by atoms with van der Waals surface area (Å²) in [6, 6.07) is 13.3. The van der Waals surface area contributed by atoms with Gasteiger partial charge in [-0.15, -0.1) is 0 Å². The number of ether oxygens (including phenoxy) is 1. The normalized spacial score (nSPS) is 13.5. The predicted molar refractivity (Wildman–Crippen MR) is 110 cm³/mol. The van der Waals surface area contributed by atoms with E-state index in [0.717, 1.165) is 26.9 Å². The van der Waals surface area contributed by atoms with Crippen molar-refractivity contribution in [2.45, 2.75) is 0 Å². The molecule has 6 heteroatoms. The van der Waals surface area contributed by atoms with Crippen LogP contribution in [-0.2, 0) is 4.74 Å². The average molecular weight is 394 g/mol. The molecule has 0 aromatic heterocycles. The van der Waals surface area contributed by atoms with Gasteiger partial charge in [0, 0.05) is 16.3 Å². The minimum atomic E-state index is -1.12. The van der Waals surface area contributed by atoms with Crippen molar-refractivity contribution in [3.63, 3.8) is 0 Å². The maximum Gasteiger partial charge on any atom is 0.346 e. The number of carboxylic acids is 1. The molecule has 0 saturated carbocycles. The third kappa shape index (κ3) is 1.83. The Morgan fingerprint density at radius 2 is 1.20 bits per heavy atom. The number of hydrogen-bond acceptors (Lipinski definition) is 5. The number of aldehydes is 1. The van der Waals surface area contributed by atoms with Gasteiger partial charge in [-0.3, -0.25) is 4.79 Å². The highest BCUT2D eigenvalue weighted by atomic mass is 16.6. The number of fused-ring (bicyclic) bond motifs is 2. The Labute approximate surface area is 167 Å². The third-order valence-corrected chi connectivity index (χ3v) is 5.92. The van der Waals surface area contributed by atoms with Crippen molar-refractivity contribution in [1.82, 2.24) is 0 Å². The van der Waals surface area contributed by atoms with Gasteiger partial charge in [0.2, 0.25) is 0 Å². The number of benzene rings is 5. The zero-order chi connectivity index (χ0) is 20.7. The number of cyclic esters (lactones) is 2. The second-order valence-electron chi connectivity index (χ2n) is 7.28. The smallest absolute Gasteiger partial charge is 0.346 e. The van der Waals surface area contributed by atoms with Crippen LogP contribution in [0.5, 0.6) is 0 Å². The first-order valence-electron chi connectivity index (χ1n) is 9.16. The fourth-order valence-corrected chi connectivity index (χ4v) is 4.73. The Balaban J connectivity index is 1.97. The lowest BCUT2D eigenvalue weighted by Gasteiger charge is -2.21. The summed E-state index contributed by atoms with van der Waals surface area (Å²) in [7, 11) is 0. The molecular formula is C24H10O6. The first-order valence-corrected chi connectivity index (χ1v) is 9.16. The zero-order valence-electron chi connectivity index (χ0n) is 15.2. The highest BCUT2D eigenvalue weighted by molar-refractivity contribution is 6.38. The largest absolute Gasteiger partial charge is 0.478 e. The monoisotopic (exact) mass is 394 g/mol. The maximum absolute atomic E-state index is 12.3. The second kappa shape index (κ2) is 5.39. The number of carbonyl (C=O) groups is 4. The van der Waals surface area contributed by atoms with Gasteiger partial charge in [-0.2, -0.15) is 0 Å². The van der Waals surface area contributed by atoms with E-state index in [1.54, 1.807) is 42.5 Å². The van der Waals surface area contributed by atoms with Gasteiger partial charge in [0.25, 0.3) is 0 Å². The van der Waals surface area contributed by atoms with E-state index in [1.807, 2.05) is 0 Å². The Bertz CT molecular complexity index is 1510. The molecule has 6 rings (SSSR count). The van der Waals surface area contributed by atoms with E-state index < -0.39 is 17.9 Å². The van der Waals surface area contributed by atoms with Crippen molar-refractivity contribution in [2.24, 2.45) is 0 Å². The lowest BCUT2D eigenvalue weighted by atomic mass is 9.84. The van der Waals surface area contributed by atoms with Crippen molar-refractivity contribution in [3.8, 4) is 0 Å². The summed E-state index contributed by atoms with van der Waals surface area (Å²) in [6.45, 7) is 0. The van der Waals surface area contributed by atoms with Gasteiger partial charge in [0.1, 0.15) is 0 Å². The van der Waals surface area contributed by atoms with Gasteiger partial charge >= 0.3 is 17.9 Å². The highest BCUT2D eigenvalue weighted by Gasteiger charge is 2.30. The molecule has 0 radical (unpaired) electrons. The quantitative estimate of drug-likeness (QED) is 0.155. The summed E-state index contributed by atoms with van der Waals surface area (Å²) in [5.41, 5.74) is 0.972. The fourth-order valence-electron chi connectivity index (χ4n) is 4.73. The highest BCUT2D eigenvalue weighted by Crippen LogP contribution is 2.44. The first kappa shape index (κ1) is 16.6. The van der Waals surface area contributed by atoms with Crippen molar-refractivity contribution in [2.75, 3.05) is 0 Å². The molecule has 1 heterocycles. The van der Waals surface area contributed by atoms with Crippen LogP contribution in [0, 0.1) is 0 Å². The van der Waals surface area contributed by atoms with Crippen molar-refractivity contribution >= 4 is 67.3 Å². The molecule has 1 N–H and O–H groups in total. The van der Waals surface area contributed by atoms with Gasteiger partial charge in [-0.05, 0) is 50.5 Å². The molecule has 1 aliphatic heterocycles. The molecule has 142 valence electrons. The molecule has 0 spiro atoms. The van der Waals surface area contributed by atoms with Crippen molar-refractivity contribution < 1.29 is 29.0 Å². The van der Waals surface area contributed by atoms with E-state index >= 15 is 0 Å². The van der Waals surface area contributed by atoms with Crippen LogP contribution in [0.1, 0.15) is 41.4 Å². The third-order valence-electron chi connectivity index (χ3n) is 5.92. The van der Waals surface area contributed by atoms with E-state index in [9.17, 15) is 24.3 Å². The second-order valence-corrected chi connectivity index (χ2v) is 7.28. The van der Waals surface area contributed by atoms with E-state index in [2.05, 4.69) is 0 Å². The number of carboxylic acid groups (broad SMARTS) is 1. The van der Waals surface area contributed by atoms with Gasteiger partial charge < -0.3 is 9.84 Å². The van der Waals surface area contributed by atoms with Crippen molar-refractivity contribution in [3.05, 3.63) is 70.8 Å². The molecule has 6 nitrogen and oxygen atoms in total. The van der Waals surface area contributed by atoms with Gasteiger partial charge in [-0.1, -0.05) is 30.3 Å². The summed E-state index contributed by atoms with van der Waals surface area (Å²) in [6.07, 6.45) is 0.652. The lowest BCUT2D eigenvalue weighted by molar-refractivity contribution is 0.0390. The predicted octanol–water partition coefficient (Wildman–Crippen LogP) is 4.56. The molecule has 0 bridgehead atoms. The van der Waals surface area contributed by atoms with Gasteiger partial charge in [0.05, 0.1) is 16.7 Å². The van der Waals surface area contributed by atoms with Gasteiger partial charge in [0.15, 0.2) is 6.29 Å². The number of hydrogen-bond donors (Lipinski definition) is 1. The molecule has 0 amide bonds. The SMILES string of the molecule is O=Cc1ccc2c3ccc4c5c(ccc(c6ccc(C(=O)O)c1c26)c53)C(=O)OC4=O. The summed E-state index contributed by atoms with van der Waals surface area (Å²) in [5.74, 6) is -2.50. The molecule has 0 fully saturated rings. The number of esters is 2. The lowest BCUT2D eigenvalue weighted by Crippen LogP contribution is -2.19. The molecule has 0 aliphatic carbocycles. The van der Waals surface area contributed by atoms with Crippen LogP contribution in [0.15, 0.2) is 48.5 Å². The molecular weight excluding hydrogens is 384 g/mol. The Kier molecular flexibility index (Phi) is 2.98. The summed E-state index contributed by atoms with van der Waals surface area (Å²) in [4.78, 5) is 48.1. The molecule has 0 unspecified atom stereocenters. The molecule has 5 aromatic rings. The van der Waals surface area contributed by atoms with E-state index in [-0.39, 0.29) is 5.56 Å². The summed E-state index contributed by atoms with van der Waals surface area (Å²) < 4.78 is 4.85. The zero-order valence-corrected chi connectivity index (χ0v) is 15.2. The number of rotatable bonds is 2. The van der Waals surface area contributed by atoms with Gasteiger partial charge in [-0.25, -0.2) is 14.4 Å². The average Bonchev–Trinajstić information content (AvgIpc) is 2.75. The Morgan fingerprint density at radius 1 is 0.700 bits per heavy atom. The first-order chi connectivity index (χ1) is 14.5. The van der Waals surface area contributed by atoms with E-state index in [1.165, 1.54) is 6.07 Å². The van der Waals surface area contributed by atoms with Crippen LogP contribution in [0.25, 0.3) is 43.1 Å². The van der Waals surface area contributed by atoms with Crippen LogP contribution in [-0.4, -0.2) is 29.3 Å². The molecule has 5 aromatic carbocycles. The Hall–Kier alpha value is -4.32. The van der Waals surface area contributed by atoms with Crippen molar-refractivity contribution in [1.29, 1.82) is 0 Å². The summed E-state index contributed by atoms with van der Waals surface area (Å²) >= 11 is 0. The van der Waals surface area contributed by atoms with E-state index in [4.69, 9.17) is 4.74 Å². The standard InChI is InChI=1S/C24H10O6/c25-9-10-1-2-11-13-4-7-16-21-17(24(29)30-23(16)28)8-5-14(20(13)21)12-3-6-15(22(26)27)18(10)19(11)12/h1-9H,(H,26,27). The molecule has 0 atom stereocenters. The van der Waals surface area contributed by atoms with Crippen LogP contribution in [0.3, 0.4) is 0 Å². The molecule has 1 aliphatic rings. The molecule has 0 saturated heterocycles. The number of carbonyl (C=O) groups excluding carboxylic acids is 3. The molecule has 30 heavy (non-hydrogen) atoms. The van der Waals surface area contributed by atoms with Crippen LogP contribution >= 0.6 is 0 Å². The maximum atomic E-state index is 12.3. The fraction of sp³-hybridized carbons (Fsp3) is 0.